The minimum absolute atomic E-state index is 0.263. The van der Waals surface area contributed by atoms with Crippen LogP contribution < -0.4 is 0 Å². The minimum atomic E-state index is -1.25. The van der Waals surface area contributed by atoms with Crippen LogP contribution in [0.1, 0.15) is 12.0 Å². The number of hydrogen-bond donors (Lipinski definition) is 2. The van der Waals surface area contributed by atoms with Gasteiger partial charge in [0, 0.05) is 0 Å². The lowest BCUT2D eigenvalue weighted by atomic mass is 10.1. The summed E-state index contributed by atoms with van der Waals surface area (Å²) in [6.45, 7) is 0. The first-order valence-corrected chi connectivity index (χ1v) is 4.15. The molecule has 13 heavy (non-hydrogen) atoms. The lowest BCUT2D eigenvalue weighted by molar-refractivity contribution is -0.146. The molecule has 0 aliphatic heterocycles. The predicted octanol–water partition coefficient (Wildman–Crippen LogP) is 1.06. The number of aliphatic hydroxyl groups excluding tert-OH is 1. The highest BCUT2D eigenvalue weighted by Gasteiger charge is 2.11. The molecule has 1 atom stereocenters. The van der Waals surface area contributed by atoms with Gasteiger partial charge in [-0.25, -0.2) is 4.79 Å². The van der Waals surface area contributed by atoms with Gasteiger partial charge in [0.1, 0.15) is 0 Å². The molecule has 0 heterocycles. The maximum atomic E-state index is 10.3. The van der Waals surface area contributed by atoms with Crippen LogP contribution in [0.5, 0.6) is 0 Å². The molecule has 0 radical (unpaired) electrons. The molecule has 1 aromatic carbocycles. The van der Waals surface area contributed by atoms with Crippen LogP contribution in [0.2, 0.25) is 0 Å². The Bertz CT molecular complexity index is 269. The van der Waals surface area contributed by atoms with Crippen LogP contribution in [0.4, 0.5) is 0 Å². The maximum absolute atomic E-state index is 10.3. The van der Waals surface area contributed by atoms with Gasteiger partial charge in [-0.3, -0.25) is 0 Å². The Kier molecular flexibility index (Phi) is 3.46. The normalized spacial score (nSPS) is 12.4. The van der Waals surface area contributed by atoms with E-state index in [0.29, 0.717) is 6.42 Å². The molecule has 0 aliphatic carbocycles. The number of carboxylic acid groups (broad SMARTS) is 1. The zero-order valence-electron chi connectivity index (χ0n) is 7.18. The van der Waals surface area contributed by atoms with Crippen molar-refractivity contribution in [2.45, 2.75) is 18.9 Å². The molecule has 2 N–H and O–H groups in total. The number of carbonyl (C=O) groups is 1. The molecule has 0 amide bonds. The molecular weight excluding hydrogens is 168 g/mol. The lowest BCUT2D eigenvalue weighted by Gasteiger charge is -2.04. The number of rotatable bonds is 4. The van der Waals surface area contributed by atoms with Crippen LogP contribution in [0.15, 0.2) is 30.3 Å². The van der Waals surface area contributed by atoms with Crippen LogP contribution in [-0.4, -0.2) is 22.3 Å². The van der Waals surface area contributed by atoms with Crippen molar-refractivity contribution < 1.29 is 15.0 Å². The number of aliphatic hydroxyl groups is 1. The molecule has 3 nitrogen and oxygen atoms in total. The largest absolute Gasteiger partial charge is 0.479 e. The molecule has 1 aromatic rings. The monoisotopic (exact) mass is 180 g/mol. The fourth-order valence-corrected chi connectivity index (χ4v) is 1.07. The Morgan fingerprint density at radius 3 is 2.46 bits per heavy atom. The highest BCUT2D eigenvalue weighted by molar-refractivity contribution is 5.71. The summed E-state index contributed by atoms with van der Waals surface area (Å²) >= 11 is 0. The number of hydrogen-bond acceptors (Lipinski definition) is 2. The molecule has 0 saturated carbocycles. The summed E-state index contributed by atoms with van der Waals surface area (Å²) in [4.78, 5) is 10.3. The second-order valence-corrected chi connectivity index (χ2v) is 2.88. The van der Waals surface area contributed by atoms with Crippen LogP contribution in [0.25, 0.3) is 0 Å². The number of carboxylic acids is 1. The number of aryl methyl sites for hydroxylation is 1. The van der Waals surface area contributed by atoms with E-state index in [9.17, 15) is 4.79 Å². The van der Waals surface area contributed by atoms with Crippen LogP contribution in [-0.2, 0) is 11.2 Å². The van der Waals surface area contributed by atoms with Gasteiger partial charge in [-0.1, -0.05) is 30.3 Å². The lowest BCUT2D eigenvalue weighted by Crippen LogP contribution is -2.19. The second kappa shape index (κ2) is 4.62. The van der Waals surface area contributed by atoms with E-state index in [1.807, 2.05) is 30.3 Å². The van der Waals surface area contributed by atoms with Crippen molar-refractivity contribution in [3.05, 3.63) is 35.9 Å². The van der Waals surface area contributed by atoms with E-state index in [0.717, 1.165) is 5.56 Å². The molecule has 1 rings (SSSR count). The summed E-state index contributed by atoms with van der Waals surface area (Å²) in [6.07, 6.45) is -0.395. The molecule has 0 saturated heterocycles. The van der Waals surface area contributed by atoms with Gasteiger partial charge in [-0.2, -0.15) is 0 Å². The summed E-state index contributed by atoms with van der Waals surface area (Å²) in [6, 6.07) is 9.51. The molecule has 70 valence electrons. The van der Waals surface area contributed by atoms with Crippen molar-refractivity contribution in [1.29, 1.82) is 0 Å². The highest BCUT2D eigenvalue weighted by atomic mass is 16.4. The van der Waals surface area contributed by atoms with Crippen molar-refractivity contribution in [3.8, 4) is 0 Å². The summed E-state index contributed by atoms with van der Waals surface area (Å²) in [5.41, 5.74) is 1.04. The van der Waals surface area contributed by atoms with Gasteiger partial charge in [0.25, 0.3) is 0 Å². The molecule has 0 unspecified atom stereocenters. The van der Waals surface area contributed by atoms with Gasteiger partial charge in [0.2, 0.25) is 0 Å². The van der Waals surface area contributed by atoms with E-state index in [2.05, 4.69) is 0 Å². The van der Waals surface area contributed by atoms with Crippen LogP contribution in [0.3, 0.4) is 0 Å². The Morgan fingerprint density at radius 1 is 1.31 bits per heavy atom. The quantitative estimate of drug-likeness (QED) is 0.728. The number of aliphatic carboxylic acids is 1. The molecular formula is C10H12O3. The first-order chi connectivity index (χ1) is 6.20. The van der Waals surface area contributed by atoms with Crippen LogP contribution >= 0.6 is 0 Å². The first-order valence-electron chi connectivity index (χ1n) is 4.15. The fourth-order valence-electron chi connectivity index (χ4n) is 1.07. The molecule has 0 fully saturated rings. The average Bonchev–Trinajstić information content (AvgIpc) is 2.15. The van der Waals surface area contributed by atoms with Gasteiger partial charge in [0.05, 0.1) is 0 Å². The average molecular weight is 180 g/mol. The summed E-state index contributed by atoms with van der Waals surface area (Å²) < 4.78 is 0. The Labute approximate surface area is 76.6 Å². The van der Waals surface area contributed by atoms with Crippen LogP contribution in [0, 0.1) is 0 Å². The van der Waals surface area contributed by atoms with Gasteiger partial charge in [-0.15, -0.1) is 0 Å². The van der Waals surface area contributed by atoms with Crippen molar-refractivity contribution in [2.24, 2.45) is 0 Å². The standard InChI is InChI=1S/C10H12O3/c11-9(10(12)13)7-6-8-4-2-1-3-5-8/h1-5,9,11H,6-7H2,(H,12,13)/t9-/m0/s1. The number of benzene rings is 1. The smallest absolute Gasteiger partial charge is 0.332 e. The summed E-state index contributed by atoms with van der Waals surface area (Å²) in [5, 5.41) is 17.4. The van der Waals surface area contributed by atoms with E-state index >= 15 is 0 Å². The Hall–Kier alpha value is -1.35. The Morgan fingerprint density at radius 2 is 1.92 bits per heavy atom. The first kappa shape index (κ1) is 9.74. The van der Waals surface area contributed by atoms with E-state index < -0.39 is 12.1 Å². The summed E-state index contributed by atoms with van der Waals surface area (Å²) in [5.74, 6) is -1.16. The molecule has 0 aromatic heterocycles. The van der Waals surface area contributed by atoms with E-state index in [1.54, 1.807) is 0 Å². The third kappa shape index (κ3) is 3.25. The van der Waals surface area contributed by atoms with Gasteiger partial charge in [-0.05, 0) is 18.4 Å². The van der Waals surface area contributed by atoms with Crippen molar-refractivity contribution in [3.63, 3.8) is 0 Å². The van der Waals surface area contributed by atoms with E-state index in [-0.39, 0.29) is 6.42 Å². The maximum Gasteiger partial charge on any atom is 0.332 e. The van der Waals surface area contributed by atoms with Gasteiger partial charge < -0.3 is 10.2 Å². The molecule has 0 spiro atoms. The topological polar surface area (TPSA) is 57.5 Å². The minimum Gasteiger partial charge on any atom is -0.479 e. The molecule has 0 aliphatic rings. The van der Waals surface area contributed by atoms with Gasteiger partial charge >= 0.3 is 5.97 Å². The zero-order chi connectivity index (χ0) is 9.68. The zero-order valence-corrected chi connectivity index (χ0v) is 7.18. The van der Waals surface area contributed by atoms with Gasteiger partial charge in [0.15, 0.2) is 6.10 Å². The third-order valence-electron chi connectivity index (χ3n) is 1.83. The predicted molar refractivity (Wildman–Crippen MR) is 48.4 cm³/mol. The highest BCUT2D eigenvalue weighted by Crippen LogP contribution is 2.04. The Balaban J connectivity index is 2.39. The molecule has 3 heteroatoms. The molecule has 0 bridgehead atoms. The van der Waals surface area contributed by atoms with Crippen molar-refractivity contribution >= 4 is 5.97 Å². The summed E-state index contributed by atoms with van der Waals surface area (Å²) in [7, 11) is 0. The SMILES string of the molecule is O=C(O)[C@@H](O)CCc1ccccc1. The van der Waals surface area contributed by atoms with E-state index in [4.69, 9.17) is 10.2 Å². The second-order valence-electron chi connectivity index (χ2n) is 2.88. The fraction of sp³-hybridized carbons (Fsp3) is 0.300. The van der Waals surface area contributed by atoms with E-state index in [1.165, 1.54) is 0 Å². The third-order valence-corrected chi connectivity index (χ3v) is 1.83. The van der Waals surface area contributed by atoms with Crippen molar-refractivity contribution in [2.75, 3.05) is 0 Å². The van der Waals surface area contributed by atoms with Crippen molar-refractivity contribution in [1.82, 2.24) is 0 Å².